The fourth-order valence-corrected chi connectivity index (χ4v) is 3.24. The molecule has 7 heteroatoms. The molecule has 1 aromatic carbocycles. The molecule has 0 amide bonds. The number of nitrogens with one attached hydrogen (secondary N) is 1. The Labute approximate surface area is 159 Å². The smallest absolute Gasteiger partial charge is 0.173 e. The topological polar surface area (TPSA) is 49.9 Å². The lowest BCUT2D eigenvalue weighted by Gasteiger charge is -2.37. The second-order valence-corrected chi connectivity index (χ2v) is 6.49. The van der Waals surface area contributed by atoms with E-state index in [0.717, 1.165) is 54.9 Å². The number of methoxy groups -OCH3 is 2. The Bertz CT molecular complexity index is 776. The van der Waals surface area contributed by atoms with Gasteiger partial charge in [-0.25, -0.2) is 4.98 Å². The molecule has 1 aromatic heterocycles. The summed E-state index contributed by atoms with van der Waals surface area (Å²) in [6, 6.07) is 11.7. The number of pyridine rings is 1. The van der Waals surface area contributed by atoms with E-state index in [0.29, 0.717) is 5.11 Å². The lowest BCUT2D eigenvalue weighted by molar-refractivity contribution is 0.388. The highest BCUT2D eigenvalue weighted by atomic mass is 32.1. The van der Waals surface area contributed by atoms with Crippen molar-refractivity contribution in [3.05, 3.63) is 42.1 Å². The lowest BCUT2D eigenvalue weighted by Crippen LogP contribution is -2.50. The van der Waals surface area contributed by atoms with E-state index in [2.05, 4.69) is 26.2 Å². The van der Waals surface area contributed by atoms with E-state index in [1.165, 1.54) is 0 Å². The minimum absolute atomic E-state index is 0.688. The number of aryl methyl sites for hydroxylation is 1. The van der Waals surface area contributed by atoms with Crippen molar-refractivity contribution in [3.8, 4) is 11.5 Å². The molecule has 0 aliphatic carbocycles. The highest BCUT2D eigenvalue weighted by Crippen LogP contribution is 2.29. The summed E-state index contributed by atoms with van der Waals surface area (Å²) >= 11 is 5.60. The number of anilines is 2. The van der Waals surface area contributed by atoms with Gasteiger partial charge in [-0.15, -0.1) is 0 Å². The summed E-state index contributed by atoms with van der Waals surface area (Å²) in [4.78, 5) is 9.06. The number of aromatic nitrogens is 1. The number of hydrogen-bond acceptors (Lipinski definition) is 5. The Kier molecular flexibility index (Phi) is 5.78. The van der Waals surface area contributed by atoms with E-state index in [-0.39, 0.29) is 0 Å². The van der Waals surface area contributed by atoms with E-state index >= 15 is 0 Å². The van der Waals surface area contributed by atoms with Crippen molar-refractivity contribution >= 4 is 28.8 Å². The van der Waals surface area contributed by atoms with Crippen molar-refractivity contribution in [1.29, 1.82) is 0 Å². The molecule has 6 nitrogen and oxygen atoms in total. The molecule has 0 unspecified atom stereocenters. The Morgan fingerprint density at radius 1 is 1.08 bits per heavy atom. The summed E-state index contributed by atoms with van der Waals surface area (Å²) in [5.41, 5.74) is 1.84. The van der Waals surface area contributed by atoms with E-state index < -0.39 is 0 Å². The molecule has 26 heavy (non-hydrogen) atoms. The van der Waals surface area contributed by atoms with E-state index in [4.69, 9.17) is 21.7 Å². The molecule has 3 rings (SSSR count). The van der Waals surface area contributed by atoms with Gasteiger partial charge in [0.2, 0.25) is 0 Å². The van der Waals surface area contributed by atoms with Gasteiger partial charge in [0, 0.05) is 37.9 Å². The monoisotopic (exact) mass is 372 g/mol. The van der Waals surface area contributed by atoms with Crippen molar-refractivity contribution in [1.82, 2.24) is 9.88 Å². The summed E-state index contributed by atoms with van der Waals surface area (Å²) in [5.74, 6) is 2.51. The van der Waals surface area contributed by atoms with Gasteiger partial charge in [0.15, 0.2) is 5.11 Å². The zero-order valence-electron chi connectivity index (χ0n) is 15.4. The number of rotatable bonds is 4. The summed E-state index contributed by atoms with van der Waals surface area (Å²) < 4.78 is 10.7. The fraction of sp³-hybridized carbons (Fsp3) is 0.368. The third-order valence-corrected chi connectivity index (χ3v) is 4.77. The van der Waals surface area contributed by atoms with Gasteiger partial charge in [-0.05, 0) is 43.4 Å². The van der Waals surface area contributed by atoms with Gasteiger partial charge >= 0.3 is 0 Å². The molecular formula is C19H24N4O2S. The maximum Gasteiger partial charge on any atom is 0.173 e. The normalized spacial score (nSPS) is 14.1. The Balaban J connectivity index is 1.62. The zero-order chi connectivity index (χ0) is 18.5. The molecule has 0 saturated carbocycles. The molecule has 0 radical (unpaired) electrons. The van der Waals surface area contributed by atoms with Crippen LogP contribution in [0.15, 0.2) is 36.4 Å². The first-order valence-electron chi connectivity index (χ1n) is 8.57. The Morgan fingerprint density at radius 2 is 1.85 bits per heavy atom. The highest BCUT2D eigenvalue weighted by molar-refractivity contribution is 7.80. The summed E-state index contributed by atoms with van der Waals surface area (Å²) in [7, 11) is 3.28. The quantitative estimate of drug-likeness (QED) is 0.828. The second kappa shape index (κ2) is 8.23. The second-order valence-electron chi connectivity index (χ2n) is 6.11. The van der Waals surface area contributed by atoms with Gasteiger partial charge in [-0.2, -0.15) is 0 Å². The van der Waals surface area contributed by atoms with Crippen LogP contribution in [-0.2, 0) is 0 Å². The fourth-order valence-electron chi connectivity index (χ4n) is 2.95. The third kappa shape index (κ3) is 4.16. The van der Waals surface area contributed by atoms with Gasteiger partial charge in [0.25, 0.3) is 0 Å². The van der Waals surface area contributed by atoms with Crippen LogP contribution in [0.25, 0.3) is 0 Å². The maximum atomic E-state index is 5.60. The van der Waals surface area contributed by atoms with Gasteiger partial charge < -0.3 is 24.6 Å². The van der Waals surface area contributed by atoms with Crippen LogP contribution in [-0.4, -0.2) is 55.4 Å². The van der Waals surface area contributed by atoms with Crippen LogP contribution in [0, 0.1) is 6.92 Å². The molecular weight excluding hydrogens is 348 g/mol. The molecule has 2 heterocycles. The number of ether oxygens (including phenoxy) is 2. The van der Waals surface area contributed by atoms with E-state index in [9.17, 15) is 0 Å². The largest absolute Gasteiger partial charge is 0.497 e. The standard InChI is InChI=1S/C19H24N4O2S/c1-14-5-4-6-18(20-14)22-9-11-23(12-10-22)19(26)21-16-13-15(24-2)7-8-17(16)25-3/h4-8,13H,9-12H2,1-3H3,(H,21,26). The lowest BCUT2D eigenvalue weighted by atomic mass is 10.2. The van der Waals surface area contributed by atoms with Gasteiger partial charge in [-0.1, -0.05) is 6.07 Å². The molecule has 0 spiro atoms. The van der Waals surface area contributed by atoms with Crippen LogP contribution in [0.5, 0.6) is 11.5 Å². The van der Waals surface area contributed by atoms with Crippen LogP contribution in [0.2, 0.25) is 0 Å². The molecule has 138 valence electrons. The van der Waals surface area contributed by atoms with Crippen molar-refractivity contribution in [2.24, 2.45) is 0 Å². The molecule has 1 saturated heterocycles. The van der Waals surface area contributed by atoms with Crippen LogP contribution < -0.4 is 19.7 Å². The summed E-state index contributed by atoms with van der Waals surface area (Å²) in [6.45, 7) is 5.46. The average Bonchev–Trinajstić information content (AvgIpc) is 2.68. The summed E-state index contributed by atoms with van der Waals surface area (Å²) in [6.07, 6.45) is 0. The Hall–Kier alpha value is -2.54. The van der Waals surface area contributed by atoms with Gasteiger partial charge in [0.1, 0.15) is 17.3 Å². The van der Waals surface area contributed by atoms with Gasteiger partial charge in [0.05, 0.1) is 19.9 Å². The molecule has 0 bridgehead atoms. The van der Waals surface area contributed by atoms with Crippen molar-refractivity contribution in [2.75, 3.05) is 50.6 Å². The number of nitrogens with zero attached hydrogens (tertiary/aromatic N) is 3. The molecule has 1 N–H and O–H groups in total. The van der Waals surface area contributed by atoms with Crippen molar-refractivity contribution in [2.45, 2.75) is 6.92 Å². The first kappa shape index (κ1) is 18.3. The predicted octanol–water partition coefficient (Wildman–Crippen LogP) is 2.93. The predicted molar refractivity (Wildman–Crippen MR) is 109 cm³/mol. The van der Waals surface area contributed by atoms with E-state index in [1.807, 2.05) is 37.3 Å². The summed E-state index contributed by atoms with van der Waals surface area (Å²) in [5, 5.41) is 3.98. The SMILES string of the molecule is COc1ccc(OC)c(NC(=S)N2CCN(c3cccc(C)n3)CC2)c1. The number of benzene rings is 1. The third-order valence-electron chi connectivity index (χ3n) is 4.41. The molecule has 1 aliphatic heterocycles. The molecule has 2 aromatic rings. The molecule has 1 fully saturated rings. The first-order valence-corrected chi connectivity index (χ1v) is 8.98. The Morgan fingerprint density at radius 3 is 2.50 bits per heavy atom. The van der Waals surface area contributed by atoms with Crippen LogP contribution in [0.4, 0.5) is 11.5 Å². The van der Waals surface area contributed by atoms with Gasteiger partial charge in [-0.3, -0.25) is 0 Å². The maximum absolute atomic E-state index is 5.60. The first-order chi connectivity index (χ1) is 12.6. The van der Waals surface area contributed by atoms with Crippen molar-refractivity contribution < 1.29 is 9.47 Å². The number of thiocarbonyl (C=S) groups is 1. The van der Waals surface area contributed by atoms with Crippen LogP contribution in [0.3, 0.4) is 0 Å². The minimum Gasteiger partial charge on any atom is -0.497 e. The molecule has 1 aliphatic rings. The molecule has 0 atom stereocenters. The van der Waals surface area contributed by atoms with Crippen LogP contribution >= 0.6 is 12.2 Å². The van der Waals surface area contributed by atoms with E-state index in [1.54, 1.807) is 14.2 Å². The minimum atomic E-state index is 0.688. The number of piperazine rings is 1. The average molecular weight is 372 g/mol. The zero-order valence-corrected chi connectivity index (χ0v) is 16.2. The highest BCUT2D eigenvalue weighted by Gasteiger charge is 2.20. The van der Waals surface area contributed by atoms with Crippen LogP contribution in [0.1, 0.15) is 5.69 Å². The van der Waals surface area contributed by atoms with Crippen molar-refractivity contribution in [3.63, 3.8) is 0 Å². The number of hydrogen-bond donors (Lipinski definition) is 1.